The Morgan fingerprint density at radius 3 is 2.36 bits per heavy atom. The monoisotopic (exact) mass is 357 g/mol. The van der Waals surface area contributed by atoms with Crippen molar-refractivity contribution in [1.29, 1.82) is 0 Å². The first kappa shape index (κ1) is 18.7. The van der Waals surface area contributed by atoms with E-state index in [9.17, 15) is 9.59 Å². The normalized spacial score (nSPS) is 11.0. The number of carbonyl (C=O) groups excluding carboxylic acids is 2. The number of rotatable bonds is 7. The number of amides is 2. The van der Waals surface area contributed by atoms with Crippen molar-refractivity contribution >= 4 is 34.8 Å². The van der Waals surface area contributed by atoms with Crippen molar-refractivity contribution in [2.24, 2.45) is 5.10 Å². The second kappa shape index (κ2) is 9.59. The van der Waals surface area contributed by atoms with Crippen molar-refractivity contribution in [2.75, 3.05) is 5.32 Å². The molecule has 2 rings (SSSR count). The minimum atomic E-state index is -0.206. The molecule has 6 heteroatoms. The van der Waals surface area contributed by atoms with Crippen molar-refractivity contribution in [3.05, 3.63) is 65.2 Å². The molecule has 5 nitrogen and oxygen atoms in total. The highest BCUT2D eigenvalue weighted by Crippen LogP contribution is 2.13. The maximum Gasteiger partial charge on any atom is 0.240 e. The van der Waals surface area contributed by atoms with E-state index in [0.29, 0.717) is 29.3 Å². The molecule has 2 N–H and O–H groups in total. The highest BCUT2D eigenvalue weighted by Gasteiger charge is 2.06. The Morgan fingerprint density at radius 2 is 1.68 bits per heavy atom. The highest BCUT2D eigenvalue weighted by atomic mass is 35.5. The fourth-order valence-corrected chi connectivity index (χ4v) is 2.25. The molecule has 0 aliphatic carbocycles. The summed E-state index contributed by atoms with van der Waals surface area (Å²) in [5.41, 5.74) is 4.77. The van der Waals surface area contributed by atoms with Crippen LogP contribution in [0.4, 0.5) is 5.69 Å². The van der Waals surface area contributed by atoms with Gasteiger partial charge < -0.3 is 5.32 Å². The lowest BCUT2D eigenvalue weighted by Crippen LogP contribution is -2.21. The summed E-state index contributed by atoms with van der Waals surface area (Å²) in [7, 11) is 0. The summed E-state index contributed by atoms with van der Waals surface area (Å²) in [6.07, 6.45) is 1.09. The third kappa shape index (κ3) is 7.18. The van der Waals surface area contributed by atoms with Crippen molar-refractivity contribution in [3.63, 3.8) is 0 Å². The quantitative estimate of drug-likeness (QED) is 0.584. The fraction of sp³-hybridized carbons (Fsp3) is 0.211. The van der Waals surface area contributed by atoms with Gasteiger partial charge in [-0.1, -0.05) is 41.9 Å². The van der Waals surface area contributed by atoms with Gasteiger partial charge in [0.2, 0.25) is 11.8 Å². The molecule has 0 atom stereocenters. The number of hydrogen-bond donors (Lipinski definition) is 2. The lowest BCUT2D eigenvalue weighted by Gasteiger charge is -2.06. The summed E-state index contributed by atoms with van der Waals surface area (Å²) in [5, 5.41) is 7.32. The van der Waals surface area contributed by atoms with E-state index in [-0.39, 0.29) is 18.2 Å². The van der Waals surface area contributed by atoms with E-state index in [0.717, 1.165) is 5.56 Å². The molecule has 0 saturated heterocycles. The number of halogens is 1. The van der Waals surface area contributed by atoms with E-state index >= 15 is 0 Å². The Hall–Kier alpha value is -2.66. The minimum absolute atomic E-state index is 0.0988. The average molecular weight is 358 g/mol. The van der Waals surface area contributed by atoms with Crippen LogP contribution in [0.3, 0.4) is 0 Å². The molecule has 25 heavy (non-hydrogen) atoms. The van der Waals surface area contributed by atoms with Gasteiger partial charge >= 0.3 is 0 Å². The average Bonchev–Trinajstić information content (AvgIpc) is 2.61. The van der Waals surface area contributed by atoms with Crippen molar-refractivity contribution < 1.29 is 9.59 Å². The van der Waals surface area contributed by atoms with E-state index in [2.05, 4.69) is 15.8 Å². The smallest absolute Gasteiger partial charge is 0.240 e. The third-order valence-electron chi connectivity index (χ3n) is 3.40. The van der Waals surface area contributed by atoms with E-state index < -0.39 is 0 Å². The highest BCUT2D eigenvalue weighted by molar-refractivity contribution is 6.30. The lowest BCUT2D eigenvalue weighted by atomic mass is 10.1. The first-order valence-electron chi connectivity index (χ1n) is 7.94. The largest absolute Gasteiger partial charge is 0.326 e. The summed E-state index contributed by atoms with van der Waals surface area (Å²) in [5.74, 6) is -0.386. The molecule has 0 bridgehead atoms. The van der Waals surface area contributed by atoms with E-state index in [1.165, 1.54) is 0 Å². The van der Waals surface area contributed by atoms with Gasteiger partial charge in [-0.3, -0.25) is 9.59 Å². The number of hydrazone groups is 1. The molecular formula is C19H20ClN3O2. The van der Waals surface area contributed by atoms with Gasteiger partial charge in [0.05, 0.1) is 6.42 Å². The molecular weight excluding hydrogens is 338 g/mol. The topological polar surface area (TPSA) is 70.6 Å². The summed E-state index contributed by atoms with van der Waals surface area (Å²) in [6, 6.07) is 16.6. The molecule has 0 fully saturated rings. The molecule has 0 unspecified atom stereocenters. The molecule has 0 spiro atoms. The van der Waals surface area contributed by atoms with Crippen LogP contribution in [-0.2, 0) is 16.0 Å². The molecule has 0 aliphatic rings. The Balaban J connectivity index is 1.73. The van der Waals surface area contributed by atoms with E-state index in [4.69, 9.17) is 11.6 Å². The Kier molecular flexibility index (Phi) is 7.16. The van der Waals surface area contributed by atoms with Crippen molar-refractivity contribution in [2.45, 2.75) is 26.2 Å². The summed E-state index contributed by atoms with van der Waals surface area (Å²) in [6.45, 7) is 1.69. The first-order chi connectivity index (χ1) is 12.0. The number of benzene rings is 2. The van der Waals surface area contributed by atoms with Gasteiger partial charge in [-0.05, 0) is 43.2 Å². The maximum absolute atomic E-state index is 11.9. The molecule has 0 heterocycles. The molecule has 2 aromatic carbocycles. The summed E-state index contributed by atoms with van der Waals surface area (Å²) < 4.78 is 0. The Bertz CT molecular complexity index is 743. The van der Waals surface area contributed by atoms with Crippen molar-refractivity contribution in [1.82, 2.24) is 5.43 Å². The summed E-state index contributed by atoms with van der Waals surface area (Å²) in [4.78, 5) is 23.7. The van der Waals surface area contributed by atoms with Crippen molar-refractivity contribution in [3.8, 4) is 0 Å². The second-order valence-corrected chi connectivity index (χ2v) is 6.04. The van der Waals surface area contributed by atoms with Gasteiger partial charge in [0.15, 0.2) is 0 Å². The van der Waals surface area contributed by atoms with Gasteiger partial charge in [-0.25, -0.2) is 5.43 Å². The number of aryl methyl sites for hydroxylation is 1. The number of hydrogen-bond acceptors (Lipinski definition) is 3. The molecule has 0 saturated carbocycles. The zero-order valence-corrected chi connectivity index (χ0v) is 14.7. The standard InChI is InChI=1S/C19H20ClN3O2/c1-14(13-19(25)21-17-10-8-16(20)9-11-17)22-23-18(24)12-7-15-5-3-2-4-6-15/h2-6,8-11H,7,12-13H2,1H3,(H,21,25)(H,23,24)/b22-14-. The van der Waals surface area contributed by atoms with Gasteiger partial charge in [0, 0.05) is 22.8 Å². The fourth-order valence-electron chi connectivity index (χ4n) is 2.13. The van der Waals surface area contributed by atoms with Crippen LogP contribution in [0, 0.1) is 0 Å². The maximum atomic E-state index is 11.9. The number of anilines is 1. The molecule has 130 valence electrons. The molecule has 2 amide bonds. The van der Waals surface area contributed by atoms with Crippen LogP contribution in [0.2, 0.25) is 5.02 Å². The Morgan fingerprint density at radius 1 is 1.00 bits per heavy atom. The van der Waals surface area contributed by atoms with Crippen LogP contribution in [0.5, 0.6) is 0 Å². The zero-order valence-electron chi connectivity index (χ0n) is 14.0. The van der Waals surface area contributed by atoms with Crippen LogP contribution in [0.1, 0.15) is 25.3 Å². The predicted molar refractivity (Wildman–Crippen MR) is 101 cm³/mol. The number of nitrogens with zero attached hydrogens (tertiary/aromatic N) is 1. The van der Waals surface area contributed by atoms with E-state index in [1.807, 2.05) is 30.3 Å². The molecule has 0 aromatic heterocycles. The molecule has 0 aliphatic heterocycles. The van der Waals surface area contributed by atoms with Crippen LogP contribution in [0.15, 0.2) is 59.7 Å². The van der Waals surface area contributed by atoms with Crippen LogP contribution in [-0.4, -0.2) is 17.5 Å². The SMILES string of the molecule is C/C(CC(=O)Nc1ccc(Cl)cc1)=N/NC(=O)CCc1ccccc1. The second-order valence-electron chi connectivity index (χ2n) is 5.60. The van der Waals surface area contributed by atoms with Gasteiger partial charge in [0.1, 0.15) is 0 Å². The minimum Gasteiger partial charge on any atom is -0.326 e. The van der Waals surface area contributed by atoms with Crippen LogP contribution in [0.25, 0.3) is 0 Å². The predicted octanol–water partition coefficient (Wildman–Crippen LogP) is 3.79. The molecule has 0 radical (unpaired) electrons. The van der Waals surface area contributed by atoms with Crippen LogP contribution < -0.4 is 10.7 Å². The van der Waals surface area contributed by atoms with Gasteiger partial charge in [0.25, 0.3) is 0 Å². The van der Waals surface area contributed by atoms with E-state index in [1.54, 1.807) is 31.2 Å². The number of carbonyl (C=O) groups is 2. The lowest BCUT2D eigenvalue weighted by molar-refractivity contribution is -0.121. The van der Waals surface area contributed by atoms with Gasteiger partial charge in [-0.2, -0.15) is 5.10 Å². The summed E-state index contributed by atoms with van der Waals surface area (Å²) >= 11 is 5.80. The Labute approximate surface area is 152 Å². The third-order valence-corrected chi connectivity index (χ3v) is 3.65. The number of nitrogens with one attached hydrogen (secondary N) is 2. The zero-order chi connectivity index (χ0) is 18.1. The van der Waals surface area contributed by atoms with Gasteiger partial charge in [-0.15, -0.1) is 0 Å². The van der Waals surface area contributed by atoms with Crippen LogP contribution >= 0.6 is 11.6 Å². The first-order valence-corrected chi connectivity index (χ1v) is 8.32. The molecule has 2 aromatic rings.